The number of esters is 1. The van der Waals surface area contributed by atoms with E-state index >= 15 is 0 Å². The molecular formula is C15H12Cl2N2O2S. The second kappa shape index (κ2) is 7.45. The average Bonchev–Trinajstić information content (AvgIpc) is 2.52. The number of ether oxygens (including phenoxy) is 1. The standard InChI is InChI=1S/C15H12Cl2N2O2S/c1-21-14(20)9-5-7-10(8-6-9)18-15(22)19-12-4-2-3-11(16)13(12)17/h2-8H,1H3,(H2,18,19,22). The molecule has 0 saturated carbocycles. The Balaban J connectivity index is 2.03. The number of rotatable bonds is 3. The van der Waals surface area contributed by atoms with Crippen molar-refractivity contribution in [2.24, 2.45) is 0 Å². The van der Waals surface area contributed by atoms with E-state index in [0.29, 0.717) is 26.4 Å². The van der Waals surface area contributed by atoms with Crippen LogP contribution in [0.25, 0.3) is 0 Å². The van der Waals surface area contributed by atoms with Gasteiger partial charge in [0.25, 0.3) is 0 Å². The fraction of sp³-hybridized carbons (Fsp3) is 0.0667. The molecule has 2 aromatic rings. The molecule has 0 aromatic heterocycles. The number of carbonyl (C=O) groups excluding carboxylic acids is 1. The minimum Gasteiger partial charge on any atom is -0.465 e. The quantitative estimate of drug-likeness (QED) is 0.623. The summed E-state index contributed by atoms with van der Waals surface area (Å²) in [6.45, 7) is 0. The first-order chi connectivity index (χ1) is 10.5. The normalized spacial score (nSPS) is 9.95. The third-order valence-corrected chi connectivity index (χ3v) is 3.79. The van der Waals surface area contributed by atoms with E-state index in [-0.39, 0.29) is 0 Å². The Morgan fingerprint density at radius 1 is 1.09 bits per heavy atom. The zero-order chi connectivity index (χ0) is 16.1. The molecule has 0 bridgehead atoms. The summed E-state index contributed by atoms with van der Waals surface area (Å²) >= 11 is 17.2. The predicted molar refractivity (Wildman–Crippen MR) is 94.1 cm³/mol. The highest BCUT2D eigenvalue weighted by Gasteiger charge is 2.07. The summed E-state index contributed by atoms with van der Waals surface area (Å²) in [4.78, 5) is 11.3. The van der Waals surface area contributed by atoms with Crippen LogP contribution in [0, 0.1) is 0 Å². The van der Waals surface area contributed by atoms with Gasteiger partial charge in [-0.15, -0.1) is 0 Å². The van der Waals surface area contributed by atoms with Crippen LogP contribution in [-0.2, 0) is 4.74 Å². The molecule has 0 unspecified atom stereocenters. The van der Waals surface area contributed by atoms with Crippen LogP contribution >= 0.6 is 35.4 Å². The van der Waals surface area contributed by atoms with Crippen LogP contribution in [-0.4, -0.2) is 18.2 Å². The number of carbonyl (C=O) groups is 1. The maximum absolute atomic E-state index is 11.3. The first-order valence-electron chi connectivity index (χ1n) is 6.21. The molecule has 0 spiro atoms. The first kappa shape index (κ1) is 16.5. The molecule has 2 aromatic carbocycles. The van der Waals surface area contributed by atoms with Crippen molar-refractivity contribution in [3.63, 3.8) is 0 Å². The summed E-state index contributed by atoms with van der Waals surface area (Å²) in [5, 5.41) is 7.14. The number of hydrogen-bond donors (Lipinski definition) is 2. The van der Waals surface area contributed by atoms with Gasteiger partial charge in [0.05, 0.1) is 28.4 Å². The Morgan fingerprint density at radius 3 is 2.41 bits per heavy atom. The second-order valence-corrected chi connectivity index (χ2v) is 5.44. The maximum Gasteiger partial charge on any atom is 0.337 e. The third kappa shape index (κ3) is 4.10. The first-order valence-corrected chi connectivity index (χ1v) is 7.38. The Bertz CT molecular complexity index is 705. The molecule has 0 fully saturated rings. The van der Waals surface area contributed by atoms with E-state index in [9.17, 15) is 4.79 Å². The largest absolute Gasteiger partial charge is 0.465 e. The number of benzene rings is 2. The van der Waals surface area contributed by atoms with E-state index in [1.807, 2.05) is 0 Å². The van der Waals surface area contributed by atoms with Crippen LogP contribution in [0.1, 0.15) is 10.4 Å². The van der Waals surface area contributed by atoms with E-state index < -0.39 is 5.97 Å². The SMILES string of the molecule is COC(=O)c1ccc(NC(=S)Nc2cccc(Cl)c2Cl)cc1. The Kier molecular flexibility index (Phi) is 5.60. The maximum atomic E-state index is 11.3. The molecule has 2 N–H and O–H groups in total. The Morgan fingerprint density at radius 2 is 1.77 bits per heavy atom. The molecule has 114 valence electrons. The highest BCUT2D eigenvalue weighted by molar-refractivity contribution is 7.80. The van der Waals surface area contributed by atoms with Gasteiger partial charge in [-0.05, 0) is 48.6 Å². The summed E-state index contributed by atoms with van der Waals surface area (Å²) in [7, 11) is 1.34. The molecule has 0 saturated heterocycles. The lowest BCUT2D eigenvalue weighted by atomic mass is 10.2. The summed E-state index contributed by atoms with van der Waals surface area (Å²) in [5.74, 6) is -0.391. The molecule has 4 nitrogen and oxygen atoms in total. The number of nitrogens with one attached hydrogen (secondary N) is 2. The van der Waals surface area contributed by atoms with E-state index in [1.165, 1.54) is 7.11 Å². The van der Waals surface area contributed by atoms with E-state index in [0.717, 1.165) is 5.69 Å². The van der Waals surface area contributed by atoms with Crippen molar-refractivity contribution in [2.75, 3.05) is 17.7 Å². The summed E-state index contributed by atoms with van der Waals surface area (Å²) in [6, 6.07) is 12.0. The summed E-state index contributed by atoms with van der Waals surface area (Å²) in [6.07, 6.45) is 0. The smallest absolute Gasteiger partial charge is 0.337 e. The third-order valence-electron chi connectivity index (χ3n) is 2.76. The summed E-state index contributed by atoms with van der Waals surface area (Å²) < 4.78 is 4.64. The molecule has 2 rings (SSSR count). The van der Waals surface area contributed by atoms with Crippen molar-refractivity contribution >= 4 is 57.9 Å². The zero-order valence-corrected chi connectivity index (χ0v) is 13.9. The van der Waals surface area contributed by atoms with Crippen molar-refractivity contribution in [1.29, 1.82) is 0 Å². The molecule has 0 aliphatic carbocycles. The van der Waals surface area contributed by atoms with Gasteiger partial charge in [-0.3, -0.25) is 0 Å². The Labute approximate surface area is 143 Å². The zero-order valence-electron chi connectivity index (χ0n) is 11.5. The topological polar surface area (TPSA) is 50.4 Å². The lowest BCUT2D eigenvalue weighted by Crippen LogP contribution is -2.19. The van der Waals surface area contributed by atoms with Crippen LogP contribution in [0.4, 0.5) is 11.4 Å². The number of halogens is 2. The van der Waals surface area contributed by atoms with Gasteiger partial charge in [0.2, 0.25) is 0 Å². The average molecular weight is 355 g/mol. The highest BCUT2D eigenvalue weighted by atomic mass is 35.5. The minimum absolute atomic E-state index is 0.356. The molecule has 0 radical (unpaired) electrons. The number of anilines is 2. The van der Waals surface area contributed by atoms with Crippen LogP contribution in [0.3, 0.4) is 0 Å². The van der Waals surface area contributed by atoms with Crippen molar-refractivity contribution in [1.82, 2.24) is 0 Å². The molecule has 0 heterocycles. The molecule has 0 aliphatic rings. The van der Waals surface area contributed by atoms with Gasteiger partial charge in [0.15, 0.2) is 5.11 Å². The van der Waals surface area contributed by atoms with E-state index in [2.05, 4.69) is 15.4 Å². The number of thiocarbonyl (C=S) groups is 1. The van der Waals surface area contributed by atoms with Gasteiger partial charge in [-0.25, -0.2) is 4.79 Å². The molecule has 7 heteroatoms. The van der Waals surface area contributed by atoms with Gasteiger partial charge in [0.1, 0.15) is 0 Å². The van der Waals surface area contributed by atoms with Gasteiger partial charge in [-0.2, -0.15) is 0 Å². The van der Waals surface area contributed by atoms with E-state index in [1.54, 1.807) is 42.5 Å². The van der Waals surface area contributed by atoms with Crippen molar-refractivity contribution in [2.45, 2.75) is 0 Å². The van der Waals surface area contributed by atoms with Crippen molar-refractivity contribution in [3.8, 4) is 0 Å². The van der Waals surface area contributed by atoms with Crippen LogP contribution in [0.15, 0.2) is 42.5 Å². The lowest BCUT2D eigenvalue weighted by molar-refractivity contribution is 0.0601. The molecule has 22 heavy (non-hydrogen) atoms. The second-order valence-electron chi connectivity index (χ2n) is 4.25. The number of hydrogen-bond acceptors (Lipinski definition) is 3. The molecular weight excluding hydrogens is 343 g/mol. The summed E-state index contributed by atoms with van der Waals surface area (Å²) in [5.41, 5.74) is 1.80. The molecule has 0 atom stereocenters. The van der Waals surface area contributed by atoms with Crippen LogP contribution in [0.5, 0.6) is 0 Å². The lowest BCUT2D eigenvalue weighted by Gasteiger charge is -2.12. The minimum atomic E-state index is -0.391. The van der Waals surface area contributed by atoms with Gasteiger partial charge in [-0.1, -0.05) is 29.3 Å². The van der Waals surface area contributed by atoms with Crippen molar-refractivity contribution < 1.29 is 9.53 Å². The molecule has 0 amide bonds. The fourth-order valence-corrected chi connectivity index (χ4v) is 2.27. The monoisotopic (exact) mass is 354 g/mol. The van der Waals surface area contributed by atoms with Crippen LogP contribution in [0.2, 0.25) is 10.0 Å². The van der Waals surface area contributed by atoms with E-state index in [4.69, 9.17) is 35.4 Å². The predicted octanol–water partition coefficient (Wildman–Crippen LogP) is 4.59. The van der Waals surface area contributed by atoms with Gasteiger partial charge >= 0.3 is 5.97 Å². The highest BCUT2D eigenvalue weighted by Crippen LogP contribution is 2.29. The van der Waals surface area contributed by atoms with Crippen LogP contribution < -0.4 is 10.6 Å². The van der Waals surface area contributed by atoms with Gasteiger partial charge in [0, 0.05) is 5.69 Å². The Hall–Kier alpha value is -1.82. The molecule has 0 aliphatic heterocycles. The van der Waals surface area contributed by atoms with Crippen molar-refractivity contribution in [3.05, 3.63) is 58.1 Å². The fourth-order valence-electron chi connectivity index (χ4n) is 1.69. The van der Waals surface area contributed by atoms with Gasteiger partial charge < -0.3 is 15.4 Å². The number of methoxy groups -OCH3 is 1.